The second-order valence-electron chi connectivity index (χ2n) is 11.0. The fourth-order valence-electron chi connectivity index (χ4n) is 5.86. The lowest BCUT2D eigenvalue weighted by Crippen LogP contribution is -2.34. The Hall–Kier alpha value is -3.52. The van der Waals surface area contributed by atoms with Crippen molar-refractivity contribution in [1.82, 2.24) is 9.71 Å². The van der Waals surface area contributed by atoms with Crippen LogP contribution < -0.4 is 9.62 Å². The second kappa shape index (κ2) is 11.4. The van der Waals surface area contributed by atoms with Gasteiger partial charge in [0.2, 0.25) is 21.0 Å². The molecule has 3 aromatic carbocycles. The molecule has 8 heteroatoms. The van der Waals surface area contributed by atoms with Crippen molar-refractivity contribution < 1.29 is 24.8 Å². The Labute approximate surface area is 246 Å². The first-order chi connectivity index (χ1) is 19.8. The van der Waals surface area contributed by atoms with Crippen LogP contribution >= 0.6 is 0 Å². The van der Waals surface area contributed by atoms with Gasteiger partial charge in [0.1, 0.15) is 0 Å². The molecule has 1 amide bonds. The number of nitrogens with zero attached hydrogens (tertiary/aromatic N) is 2. The van der Waals surface area contributed by atoms with Gasteiger partial charge in [0.05, 0.1) is 17.1 Å². The van der Waals surface area contributed by atoms with Crippen LogP contribution in [0.3, 0.4) is 0 Å². The van der Waals surface area contributed by atoms with E-state index in [0.717, 1.165) is 47.5 Å². The van der Waals surface area contributed by atoms with Crippen LogP contribution in [-0.2, 0) is 27.8 Å². The molecule has 4 aromatic rings. The van der Waals surface area contributed by atoms with Crippen LogP contribution in [0.4, 0.5) is 5.69 Å². The smallest absolute Gasteiger partial charge is 0.241 e. The summed E-state index contributed by atoms with van der Waals surface area (Å²) in [6, 6.07) is 28.1. The lowest BCUT2D eigenvalue weighted by Gasteiger charge is -2.29. The first kappa shape index (κ1) is 27.6. The number of hydrogen-bond acceptors (Lipinski definition) is 4. The average Bonchev–Trinajstić information content (AvgIpc) is 3.77. The van der Waals surface area contributed by atoms with Gasteiger partial charge in [-0.1, -0.05) is 48.5 Å². The van der Waals surface area contributed by atoms with Gasteiger partial charge in [-0.05, 0) is 85.5 Å². The van der Waals surface area contributed by atoms with Gasteiger partial charge in [-0.25, -0.2) is 13.1 Å². The maximum Gasteiger partial charge on any atom is 0.241 e. The van der Waals surface area contributed by atoms with Crippen LogP contribution in [0.2, 0.25) is 5.02 Å². The summed E-state index contributed by atoms with van der Waals surface area (Å²) < 4.78 is 29.5. The van der Waals surface area contributed by atoms with Gasteiger partial charge >= 0.3 is 0 Å². The minimum Gasteiger partial charge on any atom is -0.306 e. The van der Waals surface area contributed by atoms with E-state index >= 15 is 0 Å². The third-order valence-corrected chi connectivity index (χ3v) is 9.76. The van der Waals surface area contributed by atoms with E-state index < -0.39 is 16.1 Å². The maximum atomic E-state index is 14.1. The monoisotopic (exact) mass is 586 g/mol. The van der Waals surface area contributed by atoms with Crippen molar-refractivity contribution in [3.63, 3.8) is 0 Å². The number of benzene rings is 3. The first-order valence-corrected chi connectivity index (χ1v) is 15.9. The Morgan fingerprint density at radius 2 is 1.80 bits per heavy atom. The Bertz CT molecular complexity index is 1690. The number of carbonyl (C=O) groups is 1. The predicted octanol–water partition coefficient (Wildman–Crippen LogP) is 5.78. The summed E-state index contributed by atoms with van der Waals surface area (Å²) >= 11 is 5.20. The molecule has 3 atom stereocenters. The summed E-state index contributed by atoms with van der Waals surface area (Å²) in [5.74, 6) is 0.171. The van der Waals surface area contributed by atoms with E-state index in [1.54, 1.807) is 18.2 Å². The Morgan fingerprint density at radius 1 is 1.00 bits per heavy atom. The third kappa shape index (κ3) is 6.08. The Morgan fingerprint density at radius 3 is 2.59 bits per heavy atom. The lowest BCUT2D eigenvalue weighted by atomic mass is 9.87. The zero-order valence-corrected chi connectivity index (χ0v) is 24.5. The SMILES string of the molecule is Cc1cccc(CN(C(=O)[C@@H]2C[C@H]2c2ccccc2)c2ccc3c(c2)[C@H](NS(=O)(=O)c2cccc([ClH+])c2)CCC3)n1. The molecule has 210 valence electrons. The van der Waals surface area contributed by atoms with Crippen molar-refractivity contribution in [2.75, 3.05) is 4.90 Å². The molecule has 1 N–H and O–H groups in total. The molecule has 2 aliphatic carbocycles. The van der Waals surface area contributed by atoms with Crippen molar-refractivity contribution in [2.45, 2.75) is 56.0 Å². The van der Waals surface area contributed by atoms with Crippen LogP contribution in [0.25, 0.3) is 0 Å². The number of halogens is 1. The van der Waals surface area contributed by atoms with Crippen molar-refractivity contribution in [1.29, 1.82) is 0 Å². The number of rotatable bonds is 8. The molecule has 6 nitrogen and oxygen atoms in total. The molecule has 1 saturated carbocycles. The van der Waals surface area contributed by atoms with Gasteiger partial charge in [0.25, 0.3) is 0 Å². The predicted molar refractivity (Wildman–Crippen MR) is 157 cm³/mol. The van der Waals surface area contributed by atoms with Crippen LogP contribution in [0.1, 0.15) is 59.3 Å². The summed E-state index contributed by atoms with van der Waals surface area (Å²) in [7, 11) is -3.78. The standard InChI is InChI=1S/C33H33ClN3O3S/c1-22-8-5-13-26(35-22)21-37(33(38)31-20-29(31)23-9-3-2-4-10-23)27-17-16-24-11-6-15-32(30(24)19-27)36-41(39,40)28-14-7-12-25(34)18-28/h2-5,7-10,12-14,16-19,29,31-32,34,36H,6,11,15,20-21H2,1H3/q+1/t29-,31+,32+/m0/s1. The normalized spacial score (nSPS) is 19.8. The minimum atomic E-state index is -3.78. The van der Waals surface area contributed by atoms with E-state index in [1.165, 1.54) is 11.6 Å². The molecule has 2 aliphatic rings. The number of pyridine rings is 1. The molecule has 0 spiro atoms. The highest BCUT2D eigenvalue weighted by molar-refractivity contribution is 7.89. The molecule has 1 aromatic heterocycles. The van der Waals surface area contributed by atoms with Gasteiger partial charge in [-0.2, -0.15) is 0 Å². The number of hydrogen-bond donors (Lipinski definition) is 1. The van der Waals surface area contributed by atoms with Gasteiger partial charge in [-0.15, -0.1) is 0 Å². The minimum absolute atomic E-state index is 0.0670. The zero-order valence-electron chi connectivity index (χ0n) is 22.9. The topological polar surface area (TPSA) is 79.4 Å². The number of fused-ring (bicyclic) bond motifs is 1. The molecule has 0 aliphatic heterocycles. The van der Waals surface area contributed by atoms with Gasteiger partial charge < -0.3 is 4.90 Å². The summed E-state index contributed by atoms with van der Waals surface area (Å²) in [5.41, 5.74) is 5.66. The van der Waals surface area contributed by atoms with E-state index in [9.17, 15) is 13.2 Å². The third-order valence-electron chi connectivity index (χ3n) is 8.04. The summed E-state index contributed by atoms with van der Waals surface area (Å²) in [6.07, 6.45) is 3.23. The molecular weight excluding hydrogens is 554 g/mol. The van der Waals surface area contributed by atoms with Crippen molar-refractivity contribution in [3.05, 3.63) is 124 Å². The number of aryl methyl sites for hydroxylation is 2. The number of carbonyl (C=O) groups excluding carboxylic acids is 1. The fourth-order valence-corrected chi connectivity index (χ4v) is 7.43. The highest BCUT2D eigenvalue weighted by Gasteiger charge is 2.46. The highest BCUT2D eigenvalue weighted by Crippen LogP contribution is 2.49. The molecule has 6 rings (SSSR count). The summed E-state index contributed by atoms with van der Waals surface area (Å²) in [5, 5.41) is 0.479. The van der Waals surface area contributed by atoms with Crippen LogP contribution in [-0.4, -0.2) is 19.3 Å². The molecule has 1 heterocycles. The largest absolute Gasteiger partial charge is 0.306 e. The van der Waals surface area contributed by atoms with E-state index in [-0.39, 0.29) is 22.6 Å². The van der Waals surface area contributed by atoms with Crippen LogP contribution in [0.15, 0.2) is 95.9 Å². The van der Waals surface area contributed by atoms with Crippen molar-refractivity contribution in [2.24, 2.45) is 5.92 Å². The fraction of sp³-hybridized carbons (Fsp3) is 0.273. The second-order valence-corrected chi connectivity index (χ2v) is 13.2. The first-order valence-electron chi connectivity index (χ1n) is 14.0. The molecule has 0 unspecified atom stereocenters. The summed E-state index contributed by atoms with van der Waals surface area (Å²) in [6.45, 7) is 2.29. The number of anilines is 1. The number of amides is 1. The Kier molecular flexibility index (Phi) is 7.68. The van der Waals surface area contributed by atoms with Crippen molar-refractivity contribution in [3.8, 4) is 0 Å². The maximum absolute atomic E-state index is 14.1. The van der Waals surface area contributed by atoms with E-state index in [2.05, 4.69) is 21.8 Å². The van der Waals surface area contributed by atoms with E-state index in [1.807, 2.05) is 66.4 Å². The van der Waals surface area contributed by atoms with E-state index in [4.69, 9.17) is 11.6 Å². The van der Waals surface area contributed by atoms with Gasteiger partial charge in [0.15, 0.2) is 11.6 Å². The summed E-state index contributed by atoms with van der Waals surface area (Å²) in [4.78, 5) is 20.7. The lowest BCUT2D eigenvalue weighted by molar-refractivity contribution is -0.289. The van der Waals surface area contributed by atoms with Crippen LogP contribution in [0, 0.1) is 24.4 Å². The number of aromatic nitrogens is 1. The molecule has 0 bridgehead atoms. The van der Waals surface area contributed by atoms with Crippen LogP contribution in [0.5, 0.6) is 0 Å². The zero-order chi connectivity index (χ0) is 28.6. The highest BCUT2D eigenvalue weighted by atomic mass is 35.5. The number of sulfonamides is 1. The molecular formula is C33H33ClN3O3S+. The molecule has 0 radical (unpaired) electrons. The van der Waals surface area contributed by atoms with Gasteiger partial charge in [0, 0.05) is 35.5 Å². The number of nitrogens with one attached hydrogen (secondary N) is 1. The molecule has 1 fully saturated rings. The van der Waals surface area contributed by atoms with E-state index in [0.29, 0.717) is 18.0 Å². The quantitative estimate of drug-likeness (QED) is 0.284. The molecule has 0 saturated heterocycles. The van der Waals surface area contributed by atoms with Crippen molar-refractivity contribution >= 4 is 21.6 Å². The Balaban J connectivity index is 1.32. The molecule has 41 heavy (non-hydrogen) atoms. The van der Waals surface area contributed by atoms with Gasteiger partial charge in [-0.3, -0.25) is 9.78 Å². The average molecular weight is 587 g/mol.